The molecule has 14 heavy (non-hydrogen) atoms. The van der Waals surface area contributed by atoms with Crippen LogP contribution in [-0.2, 0) is 4.74 Å². The zero-order valence-electron chi connectivity index (χ0n) is 7.98. The van der Waals surface area contributed by atoms with E-state index < -0.39 is 6.36 Å². The third-order valence-electron chi connectivity index (χ3n) is 1.89. The van der Waals surface area contributed by atoms with Gasteiger partial charge in [-0.3, -0.25) is 0 Å². The summed E-state index contributed by atoms with van der Waals surface area (Å²) in [5, 5.41) is 0. The van der Waals surface area contributed by atoms with Crippen molar-refractivity contribution in [3.63, 3.8) is 0 Å². The summed E-state index contributed by atoms with van der Waals surface area (Å²) < 4.78 is 39.3. The van der Waals surface area contributed by atoms with Crippen molar-refractivity contribution < 1.29 is 17.9 Å². The zero-order chi connectivity index (χ0) is 10.8. The molecule has 0 unspecified atom stereocenters. The van der Waals surface area contributed by atoms with E-state index in [9.17, 15) is 13.2 Å². The molecule has 0 atom stereocenters. The van der Waals surface area contributed by atoms with Crippen LogP contribution >= 0.6 is 0 Å². The van der Waals surface area contributed by atoms with Crippen molar-refractivity contribution in [3.8, 4) is 0 Å². The van der Waals surface area contributed by atoms with E-state index in [0.717, 1.165) is 5.57 Å². The Hall–Kier alpha value is -1.15. The summed E-state index contributed by atoms with van der Waals surface area (Å²) in [7, 11) is 0. The van der Waals surface area contributed by atoms with Gasteiger partial charge in [-0.1, -0.05) is 31.2 Å². The highest BCUT2D eigenvalue weighted by atomic mass is 19.4. The van der Waals surface area contributed by atoms with Gasteiger partial charge in [0.05, 0.1) is 0 Å². The van der Waals surface area contributed by atoms with Crippen LogP contribution in [0.4, 0.5) is 13.2 Å². The number of halogens is 3. The van der Waals surface area contributed by atoms with Gasteiger partial charge in [0.25, 0.3) is 0 Å². The van der Waals surface area contributed by atoms with Crippen LogP contribution in [0.15, 0.2) is 29.2 Å². The summed E-state index contributed by atoms with van der Waals surface area (Å²) >= 11 is 0. The number of hydrogen-bond donors (Lipinski definition) is 0. The second-order valence-electron chi connectivity index (χ2n) is 3.36. The second-order valence-corrected chi connectivity index (χ2v) is 3.36. The molecular formula is C10H11F3O. The maximum absolute atomic E-state index is 11.9. The molecule has 0 N–H and O–H groups in total. The molecule has 0 aromatic carbocycles. The van der Waals surface area contributed by atoms with Gasteiger partial charge in [-0.15, -0.1) is 13.2 Å². The van der Waals surface area contributed by atoms with Gasteiger partial charge >= 0.3 is 6.36 Å². The minimum Gasteiger partial charge on any atom is -0.402 e. The largest absolute Gasteiger partial charge is 0.573 e. The van der Waals surface area contributed by atoms with E-state index >= 15 is 0 Å². The van der Waals surface area contributed by atoms with Gasteiger partial charge in [0.15, 0.2) is 5.76 Å². The highest BCUT2D eigenvalue weighted by Gasteiger charge is 2.32. The highest BCUT2D eigenvalue weighted by molar-refractivity contribution is 5.24. The summed E-state index contributed by atoms with van der Waals surface area (Å²) in [6.45, 7) is 3.85. The first kappa shape index (κ1) is 10.9. The third kappa shape index (κ3) is 3.30. The number of ether oxygens (including phenoxy) is 1. The Kier molecular flexibility index (Phi) is 3.06. The lowest BCUT2D eigenvalue weighted by atomic mass is 9.97. The Morgan fingerprint density at radius 1 is 1.43 bits per heavy atom. The summed E-state index contributed by atoms with van der Waals surface area (Å²) in [6.07, 6.45) is -1.20. The molecule has 4 heteroatoms. The first-order valence-corrected chi connectivity index (χ1v) is 4.29. The van der Waals surface area contributed by atoms with E-state index in [1.54, 1.807) is 6.08 Å². The van der Waals surface area contributed by atoms with Crippen molar-refractivity contribution in [1.29, 1.82) is 0 Å². The molecule has 1 rings (SSSR count). The molecule has 0 aromatic heterocycles. The molecule has 0 heterocycles. The van der Waals surface area contributed by atoms with Gasteiger partial charge in [-0.2, -0.15) is 0 Å². The van der Waals surface area contributed by atoms with E-state index in [1.165, 1.54) is 6.08 Å². The Morgan fingerprint density at radius 2 is 2.07 bits per heavy atom. The first-order chi connectivity index (χ1) is 6.38. The average molecular weight is 204 g/mol. The lowest BCUT2D eigenvalue weighted by Crippen LogP contribution is -2.14. The van der Waals surface area contributed by atoms with Gasteiger partial charge in [0, 0.05) is 6.42 Å². The molecule has 0 radical (unpaired) electrons. The van der Waals surface area contributed by atoms with Crippen LogP contribution in [0.5, 0.6) is 0 Å². The predicted octanol–water partition coefficient (Wildman–Crippen LogP) is 3.55. The van der Waals surface area contributed by atoms with Gasteiger partial charge in [0.2, 0.25) is 0 Å². The van der Waals surface area contributed by atoms with Crippen molar-refractivity contribution in [2.75, 3.05) is 0 Å². The van der Waals surface area contributed by atoms with Crippen molar-refractivity contribution in [2.45, 2.75) is 26.6 Å². The maximum Gasteiger partial charge on any atom is 0.573 e. The SMILES string of the molecule is CC(C)C1=CC=C=C(OC(F)(F)F)C1. The normalized spacial score (nSPS) is 16.7. The average Bonchev–Trinajstić information content (AvgIpc) is 2.01. The number of allylic oxidation sites excluding steroid dienone is 2. The van der Waals surface area contributed by atoms with E-state index in [-0.39, 0.29) is 18.1 Å². The van der Waals surface area contributed by atoms with Crippen molar-refractivity contribution in [2.24, 2.45) is 5.92 Å². The Bertz CT molecular complexity index is 304. The Balaban J connectivity index is 2.66. The maximum atomic E-state index is 11.9. The summed E-state index contributed by atoms with van der Waals surface area (Å²) in [5.74, 6) is 0.0592. The molecule has 0 saturated heterocycles. The molecule has 1 aliphatic carbocycles. The lowest BCUT2D eigenvalue weighted by Gasteiger charge is -2.16. The van der Waals surface area contributed by atoms with Gasteiger partial charge in [-0.25, -0.2) is 0 Å². The van der Waals surface area contributed by atoms with E-state index in [0.29, 0.717) is 0 Å². The number of hydrogen-bond acceptors (Lipinski definition) is 1. The molecule has 0 bridgehead atoms. The molecule has 0 aromatic rings. The van der Waals surface area contributed by atoms with Crippen LogP contribution in [0, 0.1) is 5.92 Å². The van der Waals surface area contributed by atoms with E-state index in [1.807, 2.05) is 13.8 Å². The molecule has 1 aliphatic rings. The van der Waals surface area contributed by atoms with Crippen molar-refractivity contribution >= 4 is 0 Å². The van der Waals surface area contributed by atoms with E-state index in [4.69, 9.17) is 0 Å². The minimum absolute atomic E-state index is 0.163. The molecule has 1 nitrogen and oxygen atoms in total. The van der Waals surface area contributed by atoms with Crippen LogP contribution in [0.25, 0.3) is 0 Å². The molecule has 0 spiro atoms. The van der Waals surface area contributed by atoms with Gasteiger partial charge in [-0.05, 0) is 12.0 Å². The first-order valence-electron chi connectivity index (χ1n) is 4.29. The topological polar surface area (TPSA) is 9.23 Å². The zero-order valence-corrected chi connectivity index (χ0v) is 7.98. The fourth-order valence-corrected chi connectivity index (χ4v) is 1.14. The van der Waals surface area contributed by atoms with Crippen LogP contribution in [-0.4, -0.2) is 6.36 Å². The van der Waals surface area contributed by atoms with Crippen molar-refractivity contribution in [1.82, 2.24) is 0 Å². The predicted molar refractivity (Wildman–Crippen MR) is 46.3 cm³/mol. The van der Waals surface area contributed by atoms with E-state index in [2.05, 4.69) is 10.5 Å². The molecular weight excluding hydrogens is 193 g/mol. The number of rotatable bonds is 2. The molecule has 78 valence electrons. The molecule has 0 aliphatic heterocycles. The summed E-state index contributed by atoms with van der Waals surface area (Å²) in [5.41, 5.74) is 3.35. The van der Waals surface area contributed by atoms with Crippen LogP contribution in [0.3, 0.4) is 0 Å². The standard InChI is InChI=1S/C10H11F3O/c1-7(2)8-4-3-5-9(6-8)14-10(11,12)13/h3-4,7H,6H2,1-2H3. The molecule has 0 amide bonds. The summed E-state index contributed by atoms with van der Waals surface area (Å²) in [4.78, 5) is 0. The molecule has 0 saturated carbocycles. The quantitative estimate of drug-likeness (QED) is 0.625. The summed E-state index contributed by atoms with van der Waals surface area (Å²) in [6, 6.07) is 0. The van der Waals surface area contributed by atoms with Gasteiger partial charge in [0.1, 0.15) is 0 Å². The van der Waals surface area contributed by atoms with Gasteiger partial charge < -0.3 is 4.74 Å². The fourth-order valence-electron chi connectivity index (χ4n) is 1.14. The van der Waals surface area contributed by atoms with Crippen LogP contribution < -0.4 is 0 Å². The second kappa shape index (κ2) is 3.93. The smallest absolute Gasteiger partial charge is 0.402 e. The Labute approximate surface area is 80.6 Å². The fraction of sp³-hybridized carbons (Fsp3) is 0.500. The molecule has 0 fully saturated rings. The van der Waals surface area contributed by atoms with Crippen molar-refractivity contribution in [3.05, 3.63) is 29.2 Å². The van der Waals surface area contributed by atoms with Crippen LogP contribution in [0.1, 0.15) is 20.3 Å². The third-order valence-corrected chi connectivity index (χ3v) is 1.89. The monoisotopic (exact) mass is 204 g/mol. The highest BCUT2D eigenvalue weighted by Crippen LogP contribution is 2.27. The minimum atomic E-state index is -4.62. The lowest BCUT2D eigenvalue weighted by molar-refractivity contribution is -0.306. The Morgan fingerprint density at radius 3 is 2.57 bits per heavy atom. The van der Waals surface area contributed by atoms with Crippen LogP contribution in [0.2, 0.25) is 0 Å². The number of alkyl halides is 3.